The van der Waals surface area contributed by atoms with Crippen LogP contribution in [0, 0.1) is 12.8 Å². The average Bonchev–Trinajstić information content (AvgIpc) is 2.48. The number of primary amides is 1. The molecule has 1 aliphatic rings. The van der Waals surface area contributed by atoms with Crippen molar-refractivity contribution in [2.45, 2.75) is 45.6 Å². The van der Waals surface area contributed by atoms with E-state index < -0.39 is 5.91 Å². The number of rotatable bonds is 5. The summed E-state index contributed by atoms with van der Waals surface area (Å²) >= 11 is 0. The largest absolute Gasteiger partial charge is 0.376 e. The van der Waals surface area contributed by atoms with E-state index in [2.05, 4.69) is 17.6 Å². The van der Waals surface area contributed by atoms with Gasteiger partial charge in [0.15, 0.2) is 0 Å². The molecular formula is C17H25N3O2. The van der Waals surface area contributed by atoms with Gasteiger partial charge in [-0.15, -0.1) is 0 Å². The van der Waals surface area contributed by atoms with Gasteiger partial charge in [0.25, 0.3) is 0 Å². The molecule has 4 N–H and O–H groups in total. The molecular weight excluding hydrogens is 278 g/mol. The Kier molecular flexibility index (Phi) is 5.41. The number of hydrogen-bond donors (Lipinski definition) is 3. The summed E-state index contributed by atoms with van der Waals surface area (Å²) in [5.41, 5.74) is 7.35. The molecule has 0 aromatic heterocycles. The Balaban J connectivity index is 1.91. The van der Waals surface area contributed by atoms with Crippen molar-refractivity contribution in [1.29, 1.82) is 0 Å². The Bertz CT molecular complexity index is 557. The first-order valence-corrected chi connectivity index (χ1v) is 7.91. The first-order chi connectivity index (χ1) is 10.5. The summed E-state index contributed by atoms with van der Waals surface area (Å²) in [6.07, 6.45) is 4.68. The van der Waals surface area contributed by atoms with Crippen LogP contribution in [0.1, 0.15) is 48.5 Å². The minimum absolute atomic E-state index is 0.0115. The van der Waals surface area contributed by atoms with Crippen LogP contribution in [0.25, 0.3) is 0 Å². The number of hydrogen-bond acceptors (Lipinski definition) is 3. The van der Waals surface area contributed by atoms with E-state index in [9.17, 15) is 9.59 Å². The van der Waals surface area contributed by atoms with Gasteiger partial charge in [0.2, 0.25) is 11.8 Å². The molecule has 5 heteroatoms. The molecule has 0 aliphatic heterocycles. The van der Waals surface area contributed by atoms with Gasteiger partial charge in [-0.2, -0.15) is 0 Å². The maximum absolute atomic E-state index is 12.1. The van der Waals surface area contributed by atoms with Gasteiger partial charge in [0.05, 0.1) is 6.54 Å². The van der Waals surface area contributed by atoms with E-state index in [-0.39, 0.29) is 18.5 Å². The lowest BCUT2D eigenvalue weighted by molar-refractivity contribution is -0.120. The molecule has 2 amide bonds. The van der Waals surface area contributed by atoms with Gasteiger partial charge in [-0.1, -0.05) is 25.8 Å². The summed E-state index contributed by atoms with van der Waals surface area (Å²) < 4.78 is 0. The van der Waals surface area contributed by atoms with Crippen molar-refractivity contribution >= 4 is 17.5 Å². The third-order valence-electron chi connectivity index (χ3n) is 4.50. The summed E-state index contributed by atoms with van der Waals surface area (Å²) in [4.78, 5) is 23.4. The van der Waals surface area contributed by atoms with Crippen molar-refractivity contribution < 1.29 is 9.59 Å². The van der Waals surface area contributed by atoms with Crippen LogP contribution < -0.4 is 16.4 Å². The van der Waals surface area contributed by atoms with Gasteiger partial charge in [0, 0.05) is 17.3 Å². The lowest BCUT2D eigenvalue weighted by Crippen LogP contribution is -2.43. The van der Waals surface area contributed by atoms with E-state index in [4.69, 9.17) is 5.73 Å². The van der Waals surface area contributed by atoms with Crippen LogP contribution in [0.4, 0.5) is 5.69 Å². The summed E-state index contributed by atoms with van der Waals surface area (Å²) in [7, 11) is 0. The van der Waals surface area contributed by atoms with E-state index in [0.29, 0.717) is 11.5 Å². The van der Waals surface area contributed by atoms with E-state index in [0.717, 1.165) is 17.7 Å². The Labute approximate surface area is 131 Å². The Hall–Kier alpha value is -2.04. The lowest BCUT2D eigenvalue weighted by Gasteiger charge is -2.29. The molecule has 1 fully saturated rings. The minimum atomic E-state index is -0.457. The zero-order valence-corrected chi connectivity index (χ0v) is 13.3. The van der Waals surface area contributed by atoms with Crippen LogP contribution in [-0.2, 0) is 4.79 Å². The second-order valence-electron chi connectivity index (χ2n) is 6.13. The monoisotopic (exact) mass is 303 g/mol. The SMILES string of the molecule is Cc1c(NCC(=O)NC2CCCCC2C)cccc1C(N)=O. The first kappa shape index (κ1) is 16.3. The molecule has 1 aromatic carbocycles. The van der Waals surface area contributed by atoms with Crippen LogP contribution in [0.15, 0.2) is 18.2 Å². The van der Waals surface area contributed by atoms with Crippen LogP contribution in [0.2, 0.25) is 0 Å². The number of anilines is 1. The molecule has 1 saturated carbocycles. The van der Waals surface area contributed by atoms with Gasteiger partial charge in [-0.25, -0.2) is 0 Å². The third-order valence-corrected chi connectivity index (χ3v) is 4.50. The maximum Gasteiger partial charge on any atom is 0.249 e. The molecule has 120 valence electrons. The van der Waals surface area contributed by atoms with Crippen molar-refractivity contribution in [2.24, 2.45) is 11.7 Å². The quantitative estimate of drug-likeness (QED) is 0.779. The molecule has 5 nitrogen and oxygen atoms in total. The number of nitrogens with two attached hydrogens (primary N) is 1. The normalized spacial score (nSPS) is 21.2. The number of benzene rings is 1. The highest BCUT2D eigenvalue weighted by Gasteiger charge is 2.22. The van der Waals surface area contributed by atoms with E-state index >= 15 is 0 Å². The van der Waals surface area contributed by atoms with E-state index in [1.807, 2.05) is 13.0 Å². The topological polar surface area (TPSA) is 84.2 Å². The summed E-state index contributed by atoms with van der Waals surface area (Å²) in [6, 6.07) is 5.57. The molecule has 0 bridgehead atoms. The second kappa shape index (κ2) is 7.29. The van der Waals surface area contributed by atoms with Crippen molar-refractivity contribution in [3.63, 3.8) is 0 Å². The number of carbonyl (C=O) groups excluding carboxylic acids is 2. The van der Waals surface area contributed by atoms with Crippen molar-refractivity contribution in [1.82, 2.24) is 5.32 Å². The number of amides is 2. The van der Waals surface area contributed by atoms with E-state index in [1.165, 1.54) is 19.3 Å². The van der Waals surface area contributed by atoms with Gasteiger partial charge < -0.3 is 16.4 Å². The predicted octanol–water partition coefficient (Wildman–Crippen LogP) is 2.20. The van der Waals surface area contributed by atoms with Crippen molar-refractivity contribution in [3.8, 4) is 0 Å². The minimum Gasteiger partial charge on any atom is -0.376 e. The highest BCUT2D eigenvalue weighted by atomic mass is 16.2. The summed E-state index contributed by atoms with van der Waals surface area (Å²) in [5.74, 6) is 0.0712. The fourth-order valence-corrected chi connectivity index (χ4v) is 3.06. The molecule has 2 rings (SSSR count). The van der Waals surface area contributed by atoms with Crippen molar-refractivity contribution in [2.75, 3.05) is 11.9 Å². The fraction of sp³-hybridized carbons (Fsp3) is 0.529. The van der Waals surface area contributed by atoms with Crippen LogP contribution in [0.5, 0.6) is 0 Å². The number of nitrogens with one attached hydrogen (secondary N) is 2. The first-order valence-electron chi connectivity index (χ1n) is 7.91. The molecule has 1 aliphatic carbocycles. The molecule has 0 saturated heterocycles. The molecule has 1 aromatic rings. The van der Waals surface area contributed by atoms with Gasteiger partial charge >= 0.3 is 0 Å². The highest BCUT2D eigenvalue weighted by Crippen LogP contribution is 2.23. The standard InChI is InChI=1S/C17H25N3O2/c1-11-6-3-4-8-14(11)20-16(21)10-19-15-9-5-7-13(12(15)2)17(18)22/h5,7,9,11,14,19H,3-4,6,8,10H2,1-2H3,(H2,18,22)(H,20,21). The van der Waals surface area contributed by atoms with Gasteiger partial charge in [-0.3, -0.25) is 9.59 Å². The molecule has 0 heterocycles. The summed E-state index contributed by atoms with van der Waals surface area (Å²) in [6.45, 7) is 4.22. The number of carbonyl (C=O) groups is 2. The highest BCUT2D eigenvalue weighted by molar-refractivity contribution is 5.96. The molecule has 22 heavy (non-hydrogen) atoms. The Morgan fingerprint density at radius 3 is 2.68 bits per heavy atom. The van der Waals surface area contributed by atoms with Crippen LogP contribution in [-0.4, -0.2) is 24.4 Å². The molecule has 0 spiro atoms. The third kappa shape index (κ3) is 4.00. The molecule has 2 unspecified atom stereocenters. The Morgan fingerprint density at radius 2 is 2.00 bits per heavy atom. The lowest BCUT2D eigenvalue weighted by atomic mass is 9.86. The zero-order chi connectivity index (χ0) is 16.1. The fourth-order valence-electron chi connectivity index (χ4n) is 3.06. The van der Waals surface area contributed by atoms with Gasteiger partial charge in [0.1, 0.15) is 0 Å². The van der Waals surface area contributed by atoms with Crippen LogP contribution in [0.3, 0.4) is 0 Å². The van der Waals surface area contributed by atoms with Crippen molar-refractivity contribution in [3.05, 3.63) is 29.3 Å². The average molecular weight is 303 g/mol. The summed E-state index contributed by atoms with van der Waals surface area (Å²) in [5, 5.41) is 6.20. The van der Waals surface area contributed by atoms with Gasteiger partial charge in [-0.05, 0) is 43.4 Å². The molecule has 0 radical (unpaired) electrons. The zero-order valence-electron chi connectivity index (χ0n) is 13.3. The van der Waals surface area contributed by atoms with Crippen LogP contribution >= 0.6 is 0 Å². The molecule has 2 atom stereocenters. The maximum atomic E-state index is 12.1. The van der Waals surface area contributed by atoms with E-state index in [1.54, 1.807) is 12.1 Å². The smallest absolute Gasteiger partial charge is 0.249 e. The Morgan fingerprint density at radius 1 is 1.27 bits per heavy atom. The predicted molar refractivity (Wildman–Crippen MR) is 87.7 cm³/mol. The second-order valence-corrected chi connectivity index (χ2v) is 6.13.